The molecule has 0 aliphatic rings. The van der Waals surface area contributed by atoms with Crippen LogP contribution in [0.25, 0.3) is 0 Å². The number of aromatic amines is 1. The first-order chi connectivity index (χ1) is 12.2. The highest BCUT2D eigenvalue weighted by Crippen LogP contribution is 2.16. The largest absolute Gasteiger partial charge is 0.497 e. The maximum Gasteiger partial charge on any atom is 0.274 e. The van der Waals surface area contributed by atoms with E-state index in [1.165, 1.54) is 0 Å². The van der Waals surface area contributed by atoms with Crippen molar-refractivity contribution >= 4 is 17.3 Å². The van der Waals surface area contributed by atoms with Crippen molar-refractivity contribution in [2.45, 2.75) is 6.42 Å². The fraction of sp³-hybridized carbons (Fsp3) is 0.235. The van der Waals surface area contributed by atoms with Crippen molar-refractivity contribution in [3.05, 3.63) is 62.7 Å². The number of methoxy groups -OCH3 is 1. The molecule has 0 saturated carbocycles. The monoisotopic (exact) mass is 358 g/mol. The van der Waals surface area contributed by atoms with Gasteiger partial charge in [-0.2, -0.15) is 0 Å². The lowest BCUT2D eigenvalue weighted by Crippen LogP contribution is -2.21. The van der Waals surface area contributed by atoms with Gasteiger partial charge >= 0.3 is 0 Å². The Morgan fingerprint density at radius 3 is 2.64 bits per heavy atom. The number of rotatable bonds is 8. The van der Waals surface area contributed by atoms with Crippen LogP contribution in [-0.2, 0) is 6.42 Å². The Kier molecular flexibility index (Phi) is 5.63. The summed E-state index contributed by atoms with van der Waals surface area (Å²) in [6.07, 6.45) is 0.487. The number of anilines is 1. The van der Waals surface area contributed by atoms with Crippen LogP contribution in [0.4, 0.5) is 5.95 Å². The number of hydrogen-bond donors (Lipinski definition) is 2. The number of nitrogens with zero attached hydrogens (tertiary/aromatic N) is 2. The minimum Gasteiger partial charge on any atom is -0.497 e. The first-order valence-electron chi connectivity index (χ1n) is 7.73. The number of hydrogen-bond acceptors (Lipinski definition) is 7. The zero-order valence-corrected chi connectivity index (χ0v) is 14.5. The van der Waals surface area contributed by atoms with Gasteiger partial charge in [0, 0.05) is 11.3 Å². The van der Waals surface area contributed by atoms with E-state index >= 15 is 0 Å². The van der Waals surface area contributed by atoms with E-state index in [-0.39, 0.29) is 5.56 Å². The molecule has 3 aromatic rings. The summed E-state index contributed by atoms with van der Waals surface area (Å²) in [5.41, 5.74) is 0.171. The van der Waals surface area contributed by atoms with Gasteiger partial charge in [0.25, 0.3) is 5.56 Å². The zero-order valence-electron chi connectivity index (χ0n) is 13.7. The first-order valence-corrected chi connectivity index (χ1v) is 8.61. The molecule has 0 amide bonds. The van der Waals surface area contributed by atoms with Crippen LogP contribution in [0.3, 0.4) is 0 Å². The van der Waals surface area contributed by atoms with Gasteiger partial charge in [0.2, 0.25) is 5.95 Å². The molecule has 0 atom stereocenters. The van der Waals surface area contributed by atoms with Crippen molar-refractivity contribution in [1.29, 1.82) is 0 Å². The molecule has 0 aliphatic heterocycles. The number of ether oxygens (including phenoxy) is 2. The van der Waals surface area contributed by atoms with Crippen LogP contribution < -0.4 is 20.3 Å². The lowest BCUT2D eigenvalue weighted by Gasteiger charge is -2.08. The molecule has 0 radical (unpaired) electrons. The predicted molar refractivity (Wildman–Crippen MR) is 96.8 cm³/mol. The van der Waals surface area contributed by atoms with Crippen LogP contribution in [-0.4, -0.2) is 35.4 Å². The van der Waals surface area contributed by atoms with Crippen LogP contribution >= 0.6 is 11.3 Å². The Balaban J connectivity index is 1.48. The van der Waals surface area contributed by atoms with E-state index in [1.807, 2.05) is 41.8 Å². The summed E-state index contributed by atoms with van der Waals surface area (Å²) < 4.78 is 10.7. The van der Waals surface area contributed by atoms with Crippen molar-refractivity contribution in [3.8, 4) is 11.5 Å². The van der Waals surface area contributed by atoms with Gasteiger partial charge in [-0.05, 0) is 35.7 Å². The molecule has 0 bridgehead atoms. The number of aromatic nitrogens is 3. The van der Waals surface area contributed by atoms with Gasteiger partial charge in [0.15, 0.2) is 0 Å². The van der Waals surface area contributed by atoms with E-state index in [9.17, 15) is 4.79 Å². The molecule has 2 N–H and O–H groups in total. The molecule has 0 saturated heterocycles. The second-order valence-electron chi connectivity index (χ2n) is 5.16. The van der Waals surface area contributed by atoms with Crippen molar-refractivity contribution in [1.82, 2.24) is 15.2 Å². The lowest BCUT2D eigenvalue weighted by molar-refractivity contribution is 0.331. The SMILES string of the molecule is COc1ccc(OCCNc2nnc(Cc3cccs3)c(=O)[nH]2)cc1. The smallest absolute Gasteiger partial charge is 0.274 e. The normalized spacial score (nSPS) is 10.4. The zero-order chi connectivity index (χ0) is 17.5. The van der Waals surface area contributed by atoms with E-state index in [1.54, 1.807) is 18.4 Å². The maximum atomic E-state index is 12.0. The molecule has 130 valence electrons. The van der Waals surface area contributed by atoms with Gasteiger partial charge in [0.1, 0.15) is 23.8 Å². The summed E-state index contributed by atoms with van der Waals surface area (Å²) in [7, 11) is 1.62. The summed E-state index contributed by atoms with van der Waals surface area (Å²) in [5.74, 6) is 1.85. The van der Waals surface area contributed by atoms with E-state index in [4.69, 9.17) is 9.47 Å². The predicted octanol–water partition coefficient (Wildman–Crippen LogP) is 2.32. The highest BCUT2D eigenvalue weighted by Gasteiger charge is 2.06. The van der Waals surface area contributed by atoms with E-state index < -0.39 is 0 Å². The molecule has 8 heteroatoms. The standard InChI is InChI=1S/C17H18N4O3S/c1-23-12-4-6-13(7-5-12)24-9-8-18-17-19-16(22)15(20-21-17)11-14-3-2-10-25-14/h2-7,10H,8-9,11H2,1H3,(H2,18,19,21,22). The van der Waals surface area contributed by atoms with Gasteiger partial charge in [-0.15, -0.1) is 21.5 Å². The number of H-pyrrole nitrogens is 1. The Bertz CT molecular complexity index is 847. The lowest BCUT2D eigenvalue weighted by atomic mass is 10.3. The molecule has 0 aliphatic carbocycles. The van der Waals surface area contributed by atoms with Crippen molar-refractivity contribution in [3.63, 3.8) is 0 Å². The molecule has 0 unspecified atom stereocenters. The fourth-order valence-electron chi connectivity index (χ4n) is 2.14. The van der Waals surface area contributed by atoms with Crippen LogP contribution in [0.5, 0.6) is 11.5 Å². The van der Waals surface area contributed by atoms with E-state index in [0.29, 0.717) is 31.2 Å². The van der Waals surface area contributed by atoms with Crippen LogP contribution in [0.2, 0.25) is 0 Å². The molecule has 7 nitrogen and oxygen atoms in total. The second kappa shape index (κ2) is 8.29. The summed E-state index contributed by atoms with van der Waals surface area (Å²) >= 11 is 1.59. The maximum absolute atomic E-state index is 12.0. The summed E-state index contributed by atoms with van der Waals surface area (Å²) in [5, 5.41) is 13.0. The molecule has 25 heavy (non-hydrogen) atoms. The molecular formula is C17H18N4O3S. The van der Waals surface area contributed by atoms with Gasteiger partial charge in [0.05, 0.1) is 13.7 Å². The third-order valence-electron chi connectivity index (χ3n) is 3.41. The highest BCUT2D eigenvalue weighted by molar-refractivity contribution is 7.09. The van der Waals surface area contributed by atoms with Gasteiger partial charge in [-0.25, -0.2) is 0 Å². The molecule has 1 aromatic carbocycles. The van der Waals surface area contributed by atoms with Crippen molar-refractivity contribution in [2.24, 2.45) is 0 Å². The van der Waals surface area contributed by atoms with Crippen LogP contribution in [0.1, 0.15) is 10.6 Å². The van der Waals surface area contributed by atoms with Crippen LogP contribution in [0, 0.1) is 0 Å². The minimum atomic E-state index is -0.234. The molecule has 3 rings (SSSR count). The second-order valence-corrected chi connectivity index (χ2v) is 6.19. The number of nitrogens with one attached hydrogen (secondary N) is 2. The number of thiophene rings is 1. The molecule has 0 spiro atoms. The Hall–Kier alpha value is -2.87. The first kappa shape index (κ1) is 17.0. The Morgan fingerprint density at radius 1 is 1.16 bits per heavy atom. The molecule has 0 fully saturated rings. The summed E-state index contributed by atoms with van der Waals surface area (Å²) in [6, 6.07) is 11.2. The third kappa shape index (κ3) is 4.80. The highest BCUT2D eigenvalue weighted by atomic mass is 32.1. The third-order valence-corrected chi connectivity index (χ3v) is 4.29. The van der Waals surface area contributed by atoms with Gasteiger partial charge in [-0.1, -0.05) is 6.07 Å². The van der Waals surface area contributed by atoms with Crippen LogP contribution in [0.15, 0.2) is 46.6 Å². The average Bonchev–Trinajstić information content (AvgIpc) is 3.14. The molecule has 2 heterocycles. The molecule has 2 aromatic heterocycles. The summed E-state index contributed by atoms with van der Waals surface area (Å²) in [6.45, 7) is 0.911. The van der Waals surface area contributed by atoms with Crippen molar-refractivity contribution in [2.75, 3.05) is 25.6 Å². The summed E-state index contributed by atoms with van der Waals surface area (Å²) in [4.78, 5) is 15.8. The van der Waals surface area contributed by atoms with Crippen molar-refractivity contribution < 1.29 is 9.47 Å². The Labute approximate surface area is 148 Å². The Morgan fingerprint density at radius 2 is 1.96 bits per heavy atom. The minimum absolute atomic E-state index is 0.234. The fourth-order valence-corrected chi connectivity index (χ4v) is 2.85. The number of benzene rings is 1. The molecular weight excluding hydrogens is 340 g/mol. The average molecular weight is 358 g/mol. The van der Waals surface area contributed by atoms with Gasteiger partial charge in [-0.3, -0.25) is 9.78 Å². The van der Waals surface area contributed by atoms with E-state index in [0.717, 1.165) is 16.4 Å². The topological polar surface area (TPSA) is 89.1 Å². The quantitative estimate of drug-likeness (QED) is 0.601. The van der Waals surface area contributed by atoms with Gasteiger partial charge < -0.3 is 14.8 Å². The van der Waals surface area contributed by atoms with E-state index in [2.05, 4.69) is 20.5 Å².